The summed E-state index contributed by atoms with van der Waals surface area (Å²) < 4.78 is 0. The Kier molecular flexibility index (Phi) is 4.96. The molecule has 0 aliphatic carbocycles. The fourth-order valence-corrected chi connectivity index (χ4v) is 2.56. The van der Waals surface area contributed by atoms with Crippen LogP contribution in [0.25, 0.3) is 0 Å². The Hall–Kier alpha value is -1.75. The molecule has 0 atom stereocenters. The number of hydrogen-bond donors (Lipinski definition) is 3. The van der Waals surface area contributed by atoms with Gasteiger partial charge in [-0.05, 0) is 30.5 Å². The molecule has 0 saturated carbocycles. The first-order chi connectivity index (χ1) is 10.3. The third-order valence-electron chi connectivity index (χ3n) is 4.05. The molecule has 1 aromatic carbocycles. The van der Waals surface area contributed by atoms with Crippen molar-refractivity contribution in [1.29, 1.82) is 0 Å². The molecular weight excluding hydrogens is 280 g/mol. The van der Waals surface area contributed by atoms with Crippen molar-refractivity contribution in [2.75, 3.05) is 13.1 Å². The van der Waals surface area contributed by atoms with Gasteiger partial charge in [0.2, 0.25) is 5.91 Å². The summed E-state index contributed by atoms with van der Waals surface area (Å²) in [6, 6.07) is 5.18. The van der Waals surface area contributed by atoms with E-state index in [0.29, 0.717) is 0 Å². The Bertz CT molecular complexity index is 529. The topological polar surface area (TPSA) is 72.8 Å². The summed E-state index contributed by atoms with van der Waals surface area (Å²) in [4.78, 5) is 14.3. The summed E-state index contributed by atoms with van der Waals surface area (Å²) in [5, 5.41) is 22.0. The maximum atomic E-state index is 12.0. The molecule has 1 fully saturated rings. The minimum Gasteiger partial charge on any atom is -0.504 e. The van der Waals surface area contributed by atoms with Crippen molar-refractivity contribution in [2.24, 2.45) is 5.41 Å². The van der Waals surface area contributed by atoms with E-state index in [1.165, 1.54) is 6.07 Å². The molecule has 5 heteroatoms. The van der Waals surface area contributed by atoms with Crippen LogP contribution in [-0.2, 0) is 11.3 Å². The van der Waals surface area contributed by atoms with Crippen molar-refractivity contribution in [3.05, 3.63) is 23.8 Å². The van der Waals surface area contributed by atoms with E-state index in [-0.39, 0.29) is 28.9 Å². The zero-order valence-electron chi connectivity index (χ0n) is 13.6. The first-order valence-corrected chi connectivity index (χ1v) is 7.80. The van der Waals surface area contributed by atoms with E-state index in [4.69, 9.17) is 0 Å². The second-order valence-corrected chi connectivity index (χ2v) is 7.10. The number of rotatable bonds is 3. The summed E-state index contributed by atoms with van der Waals surface area (Å²) in [5.41, 5.74) is 0.633. The first kappa shape index (κ1) is 16.6. The highest BCUT2D eigenvalue weighted by Crippen LogP contribution is 2.26. The molecule has 22 heavy (non-hydrogen) atoms. The average molecular weight is 306 g/mol. The van der Waals surface area contributed by atoms with Crippen molar-refractivity contribution in [3.8, 4) is 11.5 Å². The monoisotopic (exact) mass is 306 g/mol. The number of amides is 1. The lowest BCUT2D eigenvalue weighted by molar-refractivity contribution is -0.129. The number of aromatic hydroxyl groups is 2. The number of piperidine rings is 1. The third-order valence-corrected chi connectivity index (χ3v) is 4.05. The molecule has 1 aliphatic rings. The zero-order chi connectivity index (χ0) is 16.3. The number of phenolic OH excluding ortho intramolecular Hbond substituents is 2. The maximum absolute atomic E-state index is 12.0. The predicted molar refractivity (Wildman–Crippen MR) is 85.7 cm³/mol. The third kappa shape index (κ3) is 4.37. The van der Waals surface area contributed by atoms with Gasteiger partial charge in [0.05, 0.1) is 0 Å². The lowest BCUT2D eigenvalue weighted by Gasteiger charge is -2.33. The van der Waals surface area contributed by atoms with E-state index in [9.17, 15) is 15.0 Å². The van der Waals surface area contributed by atoms with E-state index >= 15 is 0 Å². The number of phenols is 2. The fraction of sp³-hybridized carbons (Fsp3) is 0.588. The van der Waals surface area contributed by atoms with E-state index in [1.54, 1.807) is 6.07 Å². The van der Waals surface area contributed by atoms with E-state index in [2.05, 4.69) is 10.2 Å². The molecule has 0 radical (unpaired) electrons. The van der Waals surface area contributed by atoms with Gasteiger partial charge in [-0.1, -0.05) is 26.8 Å². The van der Waals surface area contributed by atoms with Crippen LogP contribution in [0.1, 0.15) is 39.2 Å². The van der Waals surface area contributed by atoms with Crippen LogP contribution >= 0.6 is 0 Å². The van der Waals surface area contributed by atoms with Gasteiger partial charge in [0, 0.05) is 31.1 Å². The number of benzene rings is 1. The molecule has 1 saturated heterocycles. The van der Waals surface area contributed by atoms with Crippen LogP contribution < -0.4 is 5.32 Å². The molecule has 0 spiro atoms. The van der Waals surface area contributed by atoms with E-state index in [0.717, 1.165) is 38.0 Å². The van der Waals surface area contributed by atoms with Gasteiger partial charge < -0.3 is 15.5 Å². The highest BCUT2D eigenvalue weighted by atomic mass is 16.3. The lowest BCUT2D eigenvalue weighted by Crippen LogP contribution is -2.47. The van der Waals surface area contributed by atoms with Crippen LogP contribution in [0.15, 0.2) is 18.2 Å². The van der Waals surface area contributed by atoms with Crippen LogP contribution in [0.4, 0.5) is 0 Å². The molecule has 2 rings (SSSR count). The molecule has 0 bridgehead atoms. The molecule has 1 amide bonds. The Morgan fingerprint density at radius 3 is 2.41 bits per heavy atom. The molecule has 1 heterocycles. The normalized spacial score (nSPS) is 17.4. The van der Waals surface area contributed by atoms with Crippen molar-refractivity contribution >= 4 is 5.91 Å². The molecule has 0 unspecified atom stereocenters. The molecule has 3 N–H and O–H groups in total. The van der Waals surface area contributed by atoms with Crippen LogP contribution in [0, 0.1) is 5.41 Å². The summed E-state index contributed by atoms with van der Waals surface area (Å²) in [5.74, 6) is -0.0633. The highest BCUT2D eigenvalue weighted by molar-refractivity contribution is 5.81. The van der Waals surface area contributed by atoms with Crippen LogP contribution in [0.5, 0.6) is 11.5 Å². The van der Waals surface area contributed by atoms with Crippen LogP contribution in [0.3, 0.4) is 0 Å². The predicted octanol–water partition coefficient (Wildman–Crippen LogP) is 2.22. The minimum atomic E-state index is -0.347. The standard InChI is InChI=1S/C17H26N2O3/c1-17(2,3)16(22)18-13-6-8-19(9-7-13)11-12-4-5-14(20)15(21)10-12/h4-5,10,13,20-21H,6-9,11H2,1-3H3,(H,18,22). The number of nitrogens with zero attached hydrogens (tertiary/aromatic N) is 1. The van der Waals surface area contributed by atoms with Gasteiger partial charge in [-0.2, -0.15) is 0 Å². The molecule has 1 aromatic rings. The quantitative estimate of drug-likeness (QED) is 0.749. The molecular formula is C17H26N2O3. The Morgan fingerprint density at radius 2 is 1.86 bits per heavy atom. The van der Waals surface area contributed by atoms with Gasteiger partial charge in [-0.3, -0.25) is 9.69 Å². The van der Waals surface area contributed by atoms with Crippen molar-refractivity contribution in [2.45, 2.75) is 46.2 Å². The summed E-state index contributed by atoms with van der Waals surface area (Å²) >= 11 is 0. The van der Waals surface area contributed by atoms with Crippen molar-refractivity contribution < 1.29 is 15.0 Å². The van der Waals surface area contributed by atoms with E-state index in [1.807, 2.05) is 26.8 Å². The van der Waals surface area contributed by atoms with Gasteiger partial charge in [0.25, 0.3) is 0 Å². The average Bonchev–Trinajstić information content (AvgIpc) is 2.44. The van der Waals surface area contributed by atoms with E-state index < -0.39 is 0 Å². The van der Waals surface area contributed by atoms with Crippen molar-refractivity contribution in [1.82, 2.24) is 10.2 Å². The fourth-order valence-electron chi connectivity index (χ4n) is 2.56. The molecule has 1 aliphatic heterocycles. The van der Waals surface area contributed by atoms with Gasteiger partial charge in [0.15, 0.2) is 11.5 Å². The van der Waals surface area contributed by atoms with Gasteiger partial charge in [0.1, 0.15) is 0 Å². The first-order valence-electron chi connectivity index (χ1n) is 7.80. The second kappa shape index (κ2) is 6.57. The lowest BCUT2D eigenvalue weighted by atomic mass is 9.94. The maximum Gasteiger partial charge on any atom is 0.225 e. The number of hydrogen-bond acceptors (Lipinski definition) is 4. The van der Waals surface area contributed by atoms with Crippen LogP contribution in [0.2, 0.25) is 0 Å². The Balaban J connectivity index is 1.82. The molecule has 0 aromatic heterocycles. The number of nitrogens with one attached hydrogen (secondary N) is 1. The Morgan fingerprint density at radius 1 is 1.23 bits per heavy atom. The smallest absolute Gasteiger partial charge is 0.225 e. The number of carbonyl (C=O) groups is 1. The second-order valence-electron chi connectivity index (χ2n) is 7.10. The van der Waals surface area contributed by atoms with Gasteiger partial charge in [-0.25, -0.2) is 0 Å². The SMILES string of the molecule is CC(C)(C)C(=O)NC1CCN(Cc2ccc(O)c(O)c2)CC1. The van der Waals surface area contributed by atoms with Crippen LogP contribution in [-0.4, -0.2) is 40.2 Å². The molecule has 122 valence electrons. The van der Waals surface area contributed by atoms with Crippen molar-refractivity contribution in [3.63, 3.8) is 0 Å². The minimum absolute atomic E-state index is 0.0789. The highest BCUT2D eigenvalue weighted by Gasteiger charge is 2.26. The molecule has 5 nitrogen and oxygen atoms in total. The number of carbonyl (C=O) groups excluding carboxylic acids is 1. The van der Waals surface area contributed by atoms with Gasteiger partial charge >= 0.3 is 0 Å². The Labute approximate surface area is 131 Å². The summed E-state index contributed by atoms with van der Waals surface area (Å²) in [6.45, 7) is 8.35. The number of likely N-dealkylation sites (tertiary alicyclic amines) is 1. The largest absolute Gasteiger partial charge is 0.504 e. The zero-order valence-corrected chi connectivity index (χ0v) is 13.6. The summed E-state index contributed by atoms with van der Waals surface area (Å²) in [6.07, 6.45) is 1.87. The van der Waals surface area contributed by atoms with Gasteiger partial charge in [-0.15, -0.1) is 0 Å². The summed E-state index contributed by atoms with van der Waals surface area (Å²) in [7, 11) is 0.